The molecule has 0 aliphatic carbocycles. The number of ether oxygens (including phenoxy) is 1. The van der Waals surface area contributed by atoms with Crippen LogP contribution in [0, 0.1) is 0 Å². The molecule has 18 heavy (non-hydrogen) atoms. The maximum Gasteiger partial charge on any atom is 0.330 e. The number of hydrogen-bond donors (Lipinski definition) is 0. The van der Waals surface area contributed by atoms with Gasteiger partial charge in [0.05, 0.1) is 6.10 Å². The molecule has 0 rings (SSSR count). The van der Waals surface area contributed by atoms with Crippen LogP contribution in [0.4, 0.5) is 0 Å². The molecule has 0 N–H and O–H groups in total. The molecule has 0 amide bonds. The Bertz CT molecular complexity index is 231. The van der Waals surface area contributed by atoms with E-state index >= 15 is 0 Å². The molecule has 0 aliphatic rings. The van der Waals surface area contributed by atoms with Gasteiger partial charge in [0.2, 0.25) is 0 Å². The fraction of sp³-hybridized carbons (Fsp3) is 0.786. The minimum absolute atomic E-state index is 0.0670. The van der Waals surface area contributed by atoms with Crippen LogP contribution < -0.4 is 0 Å². The summed E-state index contributed by atoms with van der Waals surface area (Å²) in [5.41, 5.74) is 0. The molecule has 0 spiro atoms. The zero-order chi connectivity index (χ0) is 13.8. The third-order valence-electron chi connectivity index (χ3n) is 3.09. The second kappa shape index (κ2) is 11.5. The third kappa shape index (κ3) is 7.66. The molecule has 0 fully saturated rings. The molecule has 0 saturated carbocycles. The van der Waals surface area contributed by atoms with E-state index in [0.717, 1.165) is 32.1 Å². The van der Waals surface area contributed by atoms with Crippen molar-refractivity contribution in [3.8, 4) is 0 Å². The molecular weight excluding hydrogens is 244 g/mol. The molecular formula is C14H28O3Si. The first kappa shape index (κ1) is 17.4. The fourth-order valence-corrected chi connectivity index (χ4v) is 2.51. The van der Waals surface area contributed by atoms with E-state index in [-0.39, 0.29) is 18.2 Å². The summed E-state index contributed by atoms with van der Waals surface area (Å²) in [6.07, 6.45) is 8.74. The number of hydrogen-bond acceptors (Lipinski definition) is 3. The highest BCUT2D eigenvalue weighted by molar-refractivity contribution is 5.98. The molecule has 3 nitrogen and oxygen atoms in total. The third-order valence-corrected chi connectivity index (χ3v) is 3.69. The van der Waals surface area contributed by atoms with Gasteiger partial charge in [-0.2, -0.15) is 0 Å². The predicted octanol–water partition coefficient (Wildman–Crippen LogP) is 2.52. The molecule has 2 unspecified atom stereocenters. The van der Waals surface area contributed by atoms with Gasteiger partial charge in [0.25, 0.3) is 0 Å². The SMILES string of the molecule is C=CC(=O)OC(CCCCC)C(CCCC)O[SiH3]. The van der Waals surface area contributed by atoms with Gasteiger partial charge in [0.1, 0.15) is 16.6 Å². The number of rotatable bonds is 11. The lowest BCUT2D eigenvalue weighted by Gasteiger charge is -2.26. The van der Waals surface area contributed by atoms with Crippen LogP contribution in [0.2, 0.25) is 0 Å². The number of carbonyl (C=O) groups is 1. The predicted molar refractivity (Wildman–Crippen MR) is 78.6 cm³/mol. The van der Waals surface area contributed by atoms with Crippen molar-refractivity contribution in [2.24, 2.45) is 0 Å². The van der Waals surface area contributed by atoms with E-state index in [2.05, 4.69) is 20.4 Å². The van der Waals surface area contributed by atoms with Crippen molar-refractivity contribution in [2.45, 2.75) is 71.0 Å². The van der Waals surface area contributed by atoms with Gasteiger partial charge < -0.3 is 9.16 Å². The van der Waals surface area contributed by atoms with Crippen LogP contribution in [-0.2, 0) is 14.0 Å². The lowest BCUT2D eigenvalue weighted by atomic mass is 10.0. The topological polar surface area (TPSA) is 35.5 Å². The zero-order valence-corrected chi connectivity index (χ0v) is 14.1. The maximum atomic E-state index is 11.4. The summed E-state index contributed by atoms with van der Waals surface area (Å²) in [5, 5.41) is 0. The summed E-state index contributed by atoms with van der Waals surface area (Å²) < 4.78 is 11.1. The molecule has 0 aliphatic heterocycles. The Morgan fingerprint density at radius 3 is 2.28 bits per heavy atom. The van der Waals surface area contributed by atoms with Crippen LogP contribution in [0.25, 0.3) is 0 Å². The highest BCUT2D eigenvalue weighted by Gasteiger charge is 2.23. The lowest BCUT2D eigenvalue weighted by Crippen LogP contribution is -2.33. The molecule has 106 valence electrons. The molecule has 4 heteroatoms. The van der Waals surface area contributed by atoms with Crippen LogP contribution in [0.3, 0.4) is 0 Å². The van der Waals surface area contributed by atoms with Gasteiger partial charge in [0.15, 0.2) is 0 Å². The van der Waals surface area contributed by atoms with Crippen molar-refractivity contribution in [3.63, 3.8) is 0 Å². The van der Waals surface area contributed by atoms with Gasteiger partial charge in [-0.1, -0.05) is 46.1 Å². The average molecular weight is 272 g/mol. The van der Waals surface area contributed by atoms with Crippen molar-refractivity contribution in [3.05, 3.63) is 12.7 Å². The molecule has 0 heterocycles. The van der Waals surface area contributed by atoms with Crippen molar-refractivity contribution < 1.29 is 14.0 Å². The Labute approximate surface area is 114 Å². The smallest absolute Gasteiger partial charge is 0.330 e. The monoisotopic (exact) mass is 272 g/mol. The second-order valence-electron chi connectivity index (χ2n) is 4.59. The molecule has 0 aromatic heterocycles. The van der Waals surface area contributed by atoms with Crippen LogP contribution in [0.5, 0.6) is 0 Å². The standard InChI is InChI=1S/C14H28O3Si/c1-4-7-9-11-12(16-14(15)6-3)13(17-18)10-8-5-2/h6,12-13H,3-5,7-11H2,1-2,18H3. The van der Waals surface area contributed by atoms with Gasteiger partial charge >= 0.3 is 5.97 Å². The number of esters is 1. The maximum absolute atomic E-state index is 11.4. The van der Waals surface area contributed by atoms with Crippen LogP contribution >= 0.6 is 0 Å². The van der Waals surface area contributed by atoms with Crippen LogP contribution in [0.1, 0.15) is 58.8 Å². The first-order valence-corrected chi connectivity index (χ1v) is 7.87. The molecule has 0 bridgehead atoms. The van der Waals surface area contributed by atoms with E-state index in [1.165, 1.54) is 18.9 Å². The summed E-state index contributed by atoms with van der Waals surface area (Å²) in [6.45, 7) is 7.78. The Morgan fingerprint density at radius 1 is 1.17 bits per heavy atom. The molecule has 0 saturated heterocycles. The van der Waals surface area contributed by atoms with Gasteiger partial charge in [-0.15, -0.1) is 0 Å². The van der Waals surface area contributed by atoms with Crippen molar-refractivity contribution in [1.29, 1.82) is 0 Å². The Kier molecular flexibility index (Phi) is 11.1. The van der Waals surface area contributed by atoms with E-state index in [0.29, 0.717) is 10.5 Å². The Balaban J connectivity index is 4.37. The molecule has 0 aromatic carbocycles. The van der Waals surface area contributed by atoms with Gasteiger partial charge in [0, 0.05) is 6.08 Å². The Morgan fingerprint density at radius 2 is 1.78 bits per heavy atom. The fourth-order valence-electron chi connectivity index (χ4n) is 1.97. The van der Waals surface area contributed by atoms with E-state index < -0.39 is 0 Å². The highest BCUT2D eigenvalue weighted by atomic mass is 28.2. The minimum atomic E-state index is -0.336. The first-order valence-electron chi connectivity index (χ1n) is 7.05. The van der Waals surface area contributed by atoms with Gasteiger partial charge in [-0.25, -0.2) is 4.79 Å². The number of carbonyl (C=O) groups excluding carboxylic acids is 1. The van der Waals surface area contributed by atoms with Crippen LogP contribution in [-0.4, -0.2) is 28.7 Å². The van der Waals surface area contributed by atoms with Gasteiger partial charge in [-0.3, -0.25) is 0 Å². The zero-order valence-electron chi connectivity index (χ0n) is 12.1. The van der Waals surface area contributed by atoms with Crippen LogP contribution in [0.15, 0.2) is 12.7 Å². The quantitative estimate of drug-likeness (QED) is 0.251. The molecule has 0 radical (unpaired) electrons. The summed E-state index contributed by atoms with van der Waals surface area (Å²) >= 11 is 0. The Hall–Kier alpha value is -0.613. The van der Waals surface area contributed by atoms with E-state index in [9.17, 15) is 4.79 Å². The van der Waals surface area contributed by atoms with Crippen molar-refractivity contribution in [1.82, 2.24) is 0 Å². The van der Waals surface area contributed by atoms with E-state index in [1.807, 2.05) is 0 Å². The van der Waals surface area contributed by atoms with Gasteiger partial charge in [-0.05, 0) is 19.3 Å². The normalized spacial score (nSPS) is 14.1. The largest absolute Gasteiger partial charge is 0.457 e. The summed E-state index contributed by atoms with van der Waals surface area (Å²) in [4.78, 5) is 11.4. The summed E-state index contributed by atoms with van der Waals surface area (Å²) in [5.74, 6) is -0.336. The van der Waals surface area contributed by atoms with E-state index in [4.69, 9.17) is 9.16 Å². The highest BCUT2D eigenvalue weighted by Crippen LogP contribution is 2.17. The van der Waals surface area contributed by atoms with E-state index in [1.54, 1.807) is 0 Å². The van der Waals surface area contributed by atoms with Crippen molar-refractivity contribution in [2.75, 3.05) is 0 Å². The number of unbranched alkanes of at least 4 members (excludes halogenated alkanes) is 3. The average Bonchev–Trinajstić information content (AvgIpc) is 2.39. The lowest BCUT2D eigenvalue weighted by molar-refractivity contribution is -0.148. The molecule has 2 atom stereocenters. The minimum Gasteiger partial charge on any atom is -0.457 e. The first-order chi connectivity index (χ1) is 8.69. The molecule has 0 aromatic rings. The van der Waals surface area contributed by atoms with Crippen molar-refractivity contribution >= 4 is 16.5 Å². The second-order valence-corrected chi connectivity index (χ2v) is 5.06. The summed E-state index contributed by atoms with van der Waals surface area (Å²) in [6, 6.07) is 0. The summed E-state index contributed by atoms with van der Waals surface area (Å²) in [7, 11) is 0.681.